The average molecular weight is 420 g/mol. The number of para-hydroxylation sites is 1. The number of aromatic nitrogens is 1. The van der Waals surface area contributed by atoms with Crippen LogP contribution in [0.15, 0.2) is 48.7 Å². The van der Waals surface area contributed by atoms with Crippen LogP contribution in [0.1, 0.15) is 5.56 Å². The van der Waals surface area contributed by atoms with Gasteiger partial charge in [-0.2, -0.15) is 0 Å². The fourth-order valence-corrected chi connectivity index (χ4v) is 3.85. The smallest absolute Gasteiger partial charge is 0.325 e. The van der Waals surface area contributed by atoms with E-state index in [4.69, 9.17) is 9.47 Å². The molecule has 9 heteroatoms. The van der Waals surface area contributed by atoms with Gasteiger partial charge in [-0.05, 0) is 23.8 Å². The average Bonchev–Trinajstić information content (AvgIpc) is 3.30. The van der Waals surface area contributed by atoms with Crippen molar-refractivity contribution in [2.75, 3.05) is 25.1 Å². The Balaban J connectivity index is 1.24. The number of fused-ring (bicyclic) bond motifs is 2. The molecule has 2 aliphatic heterocycles. The summed E-state index contributed by atoms with van der Waals surface area (Å²) in [6.45, 7) is 0.540. The number of rotatable bonds is 5. The van der Waals surface area contributed by atoms with Crippen molar-refractivity contribution in [1.29, 1.82) is 0 Å². The van der Waals surface area contributed by atoms with Gasteiger partial charge in [0.05, 0.1) is 0 Å². The quantitative estimate of drug-likeness (QED) is 0.547. The lowest BCUT2D eigenvalue weighted by atomic mass is 10.1. The molecule has 0 aliphatic carbocycles. The third-order valence-corrected chi connectivity index (χ3v) is 5.33. The van der Waals surface area contributed by atoms with Crippen molar-refractivity contribution in [1.82, 2.24) is 15.2 Å². The van der Waals surface area contributed by atoms with Crippen molar-refractivity contribution in [2.24, 2.45) is 0 Å². The number of carbonyl (C=O) groups excluding carboxylic acids is 3. The van der Waals surface area contributed by atoms with Gasteiger partial charge in [-0.15, -0.1) is 0 Å². The van der Waals surface area contributed by atoms with Gasteiger partial charge < -0.3 is 25.1 Å². The summed E-state index contributed by atoms with van der Waals surface area (Å²) in [5.74, 6) is 0.247. The Labute approximate surface area is 177 Å². The standard InChI is InChI=1S/C22H20N4O5/c27-20(24-14-5-6-18-19(10-14)31-8-7-30-18)12-26-21(28)17(25-22(26)29)9-13-11-23-16-4-2-1-3-15(13)16/h1-6,10-11,17,23H,7-9,12H2,(H,24,27)(H,25,29)/t17-/m1/s1. The highest BCUT2D eigenvalue weighted by molar-refractivity contribution is 6.08. The minimum absolute atomic E-state index is 0.342. The molecule has 4 amide bonds. The van der Waals surface area contributed by atoms with E-state index >= 15 is 0 Å². The van der Waals surface area contributed by atoms with E-state index in [0.717, 1.165) is 21.4 Å². The third kappa shape index (κ3) is 3.65. The number of nitrogens with one attached hydrogen (secondary N) is 3. The maximum absolute atomic E-state index is 12.8. The van der Waals surface area contributed by atoms with E-state index in [-0.39, 0.29) is 6.54 Å². The summed E-state index contributed by atoms with van der Waals surface area (Å²) in [6.07, 6.45) is 2.18. The maximum Gasteiger partial charge on any atom is 0.325 e. The Morgan fingerprint density at radius 2 is 1.90 bits per heavy atom. The fourth-order valence-electron chi connectivity index (χ4n) is 3.85. The van der Waals surface area contributed by atoms with Crippen LogP contribution in [0, 0.1) is 0 Å². The van der Waals surface area contributed by atoms with Crippen LogP contribution in [0.3, 0.4) is 0 Å². The summed E-state index contributed by atoms with van der Waals surface area (Å²) < 4.78 is 11.0. The molecule has 2 aromatic carbocycles. The molecule has 1 saturated heterocycles. The van der Waals surface area contributed by atoms with Crippen molar-refractivity contribution in [2.45, 2.75) is 12.5 Å². The first-order valence-corrected chi connectivity index (χ1v) is 9.95. The number of imide groups is 1. The summed E-state index contributed by atoms with van der Waals surface area (Å²) in [5.41, 5.74) is 2.39. The van der Waals surface area contributed by atoms with Gasteiger partial charge in [0.2, 0.25) is 5.91 Å². The number of carbonyl (C=O) groups is 3. The number of aromatic amines is 1. The molecule has 1 aromatic heterocycles. The predicted molar refractivity (Wildman–Crippen MR) is 112 cm³/mol. The highest BCUT2D eigenvalue weighted by Crippen LogP contribution is 2.32. The van der Waals surface area contributed by atoms with Crippen molar-refractivity contribution in [3.05, 3.63) is 54.2 Å². The van der Waals surface area contributed by atoms with Crippen LogP contribution in [0.2, 0.25) is 0 Å². The molecule has 0 saturated carbocycles. The minimum atomic E-state index is -0.714. The maximum atomic E-state index is 12.8. The van der Waals surface area contributed by atoms with Crippen molar-refractivity contribution < 1.29 is 23.9 Å². The van der Waals surface area contributed by atoms with Crippen LogP contribution in [-0.2, 0) is 16.0 Å². The molecule has 0 unspecified atom stereocenters. The Bertz CT molecular complexity index is 1190. The number of H-pyrrole nitrogens is 1. The summed E-state index contributed by atoms with van der Waals surface area (Å²) >= 11 is 0. The molecule has 158 valence electrons. The molecule has 9 nitrogen and oxygen atoms in total. The molecular formula is C22H20N4O5. The molecule has 1 fully saturated rings. The van der Waals surface area contributed by atoms with Crippen molar-refractivity contribution in [3.8, 4) is 11.5 Å². The largest absolute Gasteiger partial charge is 0.486 e. The van der Waals surface area contributed by atoms with E-state index in [1.807, 2.05) is 30.5 Å². The lowest BCUT2D eigenvalue weighted by Gasteiger charge is -2.19. The number of hydrogen-bond donors (Lipinski definition) is 3. The Morgan fingerprint density at radius 1 is 1.10 bits per heavy atom. The Hall–Kier alpha value is -4.01. The highest BCUT2D eigenvalue weighted by Gasteiger charge is 2.39. The number of urea groups is 1. The molecule has 3 heterocycles. The van der Waals surface area contributed by atoms with E-state index in [2.05, 4.69) is 15.6 Å². The van der Waals surface area contributed by atoms with Gasteiger partial charge in [0.25, 0.3) is 5.91 Å². The SMILES string of the molecule is O=C(CN1C(=O)N[C@H](Cc2c[nH]c3ccccc23)C1=O)Nc1ccc2c(c1)OCCO2. The molecule has 3 aromatic rings. The van der Waals surface area contributed by atoms with E-state index in [0.29, 0.717) is 36.8 Å². The van der Waals surface area contributed by atoms with Gasteiger partial charge in [-0.3, -0.25) is 14.5 Å². The second kappa shape index (κ2) is 7.67. The van der Waals surface area contributed by atoms with Gasteiger partial charge in [0.1, 0.15) is 25.8 Å². The lowest BCUT2D eigenvalue weighted by molar-refractivity contribution is -0.130. The number of benzene rings is 2. The molecule has 1 atom stereocenters. The van der Waals surface area contributed by atoms with Gasteiger partial charge in [-0.1, -0.05) is 18.2 Å². The third-order valence-electron chi connectivity index (χ3n) is 5.33. The molecule has 5 rings (SSSR count). The first-order chi connectivity index (χ1) is 15.1. The zero-order valence-electron chi connectivity index (χ0n) is 16.5. The molecule has 0 spiro atoms. The molecular weight excluding hydrogens is 400 g/mol. The van der Waals surface area contributed by atoms with Crippen LogP contribution in [0.5, 0.6) is 11.5 Å². The number of nitrogens with zero attached hydrogens (tertiary/aromatic N) is 1. The van der Waals surface area contributed by atoms with Gasteiger partial charge >= 0.3 is 6.03 Å². The predicted octanol–water partition coefficient (Wildman–Crippen LogP) is 2.04. The van der Waals surface area contributed by atoms with E-state index in [1.165, 1.54) is 0 Å². The Morgan fingerprint density at radius 3 is 2.77 bits per heavy atom. The van der Waals surface area contributed by atoms with Gasteiger partial charge in [0, 0.05) is 35.3 Å². The number of anilines is 1. The topological polar surface area (TPSA) is 113 Å². The minimum Gasteiger partial charge on any atom is -0.486 e. The van der Waals surface area contributed by atoms with Crippen LogP contribution in [-0.4, -0.2) is 53.5 Å². The molecule has 2 aliphatic rings. The van der Waals surface area contributed by atoms with Crippen molar-refractivity contribution in [3.63, 3.8) is 0 Å². The summed E-state index contributed by atoms with van der Waals surface area (Å²) in [4.78, 5) is 41.7. The molecule has 0 bridgehead atoms. The molecule has 0 radical (unpaired) electrons. The van der Waals surface area contributed by atoms with E-state index in [1.54, 1.807) is 18.2 Å². The lowest BCUT2D eigenvalue weighted by Crippen LogP contribution is -2.38. The van der Waals surface area contributed by atoms with E-state index < -0.39 is 23.9 Å². The first kappa shape index (κ1) is 19.0. The highest BCUT2D eigenvalue weighted by atomic mass is 16.6. The summed E-state index contributed by atoms with van der Waals surface area (Å²) in [7, 11) is 0. The number of hydrogen-bond acceptors (Lipinski definition) is 5. The molecule has 3 N–H and O–H groups in total. The van der Waals surface area contributed by atoms with Gasteiger partial charge in [-0.25, -0.2) is 4.79 Å². The second-order valence-electron chi connectivity index (χ2n) is 7.40. The fraction of sp³-hybridized carbons (Fsp3) is 0.227. The zero-order chi connectivity index (χ0) is 21.4. The Kier molecular flexibility index (Phi) is 4.70. The van der Waals surface area contributed by atoms with Crippen LogP contribution in [0.25, 0.3) is 10.9 Å². The van der Waals surface area contributed by atoms with Crippen LogP contribution >= 0.6 is 0 Å². The number of ether oxygens (including phenoxy) is 2. The first-order valence-electron chi connectivity index (χ1n) is 9.95. The normalized spacial score (nSPS) is 17.7. The monoisotopic (exact) mass is 420 g/mol. The van der Waals surface area contributed by atoms with Gasteiger partial charge in [0.15, 0.2) is 11.5 Å². The summed E-state index contributed by atoms with van der Waals surface area (Å²) in [6, 6.07) is 11.5. The summed E-state index contributed by atoms with van der Waals surface area (Å²) in [5, 5.41) is 6.36. The number of amides is 4. The zero-order valence-corrected chi connectivity index (χ0v) is 16.5. The van der Waals surface area contributed by atoms with E-state index in [9.17, 15) is 14.4 Å². The van der Waals surface area contributed by atoms with Crippen LogP contribution < -0.4 is 20.1 Å². The molecule has 31 heavy (non-hydrogen) atoms. The van der Waals surface area contributed by atoms with Crippen molar-refractivity contribution >= 4 is 34.4 Å². The van der Waals surface area contributed by atoms with Crippen LogP contribution in [0.4, 0.5) is 10.5 Å². The second-order valence-corrected chi connectivity index (χ2v) is 7.40.